The van der Waals surface area contributed by atoms with Crippen molar-refractivity contribution in [3.63, 3.8) is 0 Å². The van der Waals surface area contributed by atoms with Gasteiger partial charge < -0.3 is 10.1 Å². The van der Waals surface area contributed by atoms with Crippen molar-refractivity contribution in [2.24, 2.45) is 0 Å². The number of fused-ring (bicyclic) bond motifs is 1. The van der Waals surface area contributed by atoms with Crippen molar-refractivity contribution in [2.75, 3.05) is 0 Å². The molecule has 0 aliphatic rings. The van der Waals surface area contributed by atoms with Crippen LogP contribution in [-0.2, 0) is 0 Å². The van der Waals surface area contributed by atoms with Gasteiger partial charge in [0.25, 0.3) is 0 Å². The highest BCUT2D eigenvalue weighted by molar-refractivity contribution is 5.89. The van der Waals surface area contributed by atoms with Crippen molar-refractivity contribution in [3.05, 3.63) is 47.4 Å². The number of aromatic nitrogens is 3. The fourth-order valence-electron chi connectivity index (χ4n) is 2.15. The SMILES string of the molecule is Cc1nn(-c2ccc3[nH]cc(C#N)c3c2)cc1C(=O)O. The number of aryl methyl sites for hydroxylation is 1. The molecule has 0 amide bonds. The molecule has 3 rings (SSSR count). The molecular formula is C14H10N4O2. The molecule has 0 saturated heterocycles. The van der Waals surface area contributed by atoms with Gasteiger partial charge in [-0.3, -0.25) is 0 Å². The minimum atomic E-state index is -1.01. The number of carbonyl (C=O) groups is 1. The molecule has 98 valence electrons. The number of nitrogens with zero attached hydrogens (tertiary/aromatic N) is 3. The van der Waals surface area contributed by atoms with Gasteiger partial charge in [0.15, 0.2) is 0 Å². The van der Waals surface area contributed by atoms with E-state index in [9.17, 15) is 4.79 Å². The maximum atomic E-state index is 11.0. The van der Waals surface area contributed by atoms with E-state index in [0.29, 0.717) is 16.9 Å². The molecule has 0 unspecified atom stereocenters. The Morgan fingerprint density at radius 3 is 2.95 bits per heavy atom. The van der Waals surface area contributed by atoms with Crippen molar-refractivity contribution in [1.82, 2.24) is 14.8 Å². The molecule has 20 heavy (non-hydrogen) atoms. The number of carboxylic acid groups (broad SMARTS) is 1. The summed E-state index contributed by atoms with van der Waals surface area (Å²) in [5.74, 6) is -1.01. The van der Waals surface area contributed by atoms with Crippen LogP contribution in [0.4, 0.5) is 0 Å². The summed E-state index contributed by atoms with van der Waals surface area (Å²) < 4.78 is 1.51. The molecule has 6 heteroatoms. The zero-order chi connectivity index (χ0) is 14.3. The number of aromatic amines is 1. The Balaban J connectivity index is 2.17. The topological polar surface area (TPSA) is 94.7 Å². The molecule has 3 aromatic rings. The van der Waals surface area contributed by atoms with Gasteiger partial charge in [-0.1, -0.05) is 0 Å². The van der Waals surface area contributed by atoms with E-state index >= 15 is 0 Å². The zero-order valence-electron chi connectivity index (χ0n) is 10.6. The zero-order valence-corrected chi connectivity index (χ0v) is 10.6. The Bertz CT molecular complexity index is 867. The van der Waals surface area contributed by atoms with Crippen LogP contribution in [0.5, 0.6) is 0 Å². The van der Waals surface area contributed by atoms with E-state index in [1.807, 2.05) is 18.2 Å². The van der Waals surface area contributed by atoms with Gasteiger partial charge in [-0.05, 0) is 25.1 Å². The lowest BCUT2D eigenvalue weighted by molar-refractivity contribution is 0.0696. The van der Waals surface area contributed by atoms with Gasteiger partial charge in [0.1, 0.15) is 11.6 Å². The van der Waals surface area contributed by atoms with Crippen LogP contribution < -0.4 is 0 Å². The predicted octanol–water partition coefficient (Wildman–Crippen LogP) is 2.23. The van der Waals surface area contributed by atoms with Gasteiger partial charge in [0, 0.05) is 23.3 Å². The maximum Gasteiger partial charge on any atom is 0.339 e. The second-order valence-electron chi connectivity index (χ2n) is 4.42. The van der Waals surface area contributed by atoms with E-state index in [1.54, 1.807) is 13.1 Å². The van der Waals surface area contributed by atoms with Crippen LogP contribution >= 0.6 is 0 Å². The van der Waals surface area contributed by atoms with E-state index in [4.69, 9.17) is 10.4 Å². The first-order chi connectivity index (χ1) is 9.60. The minimum Gasteiger partial charge on any atom is -0.478 e. The highest BCUT2D eigenvalue weighted by atomic mass is 16.4. The number of hydrogen-bond acceptors (Lipinski definition) is 3. The summed E-state index contributed by atoms with van der Waals surface area (Å²) in [6.07, 6.45) is 3.11. The molecule has 1 aromatic carbocycles. The Kier molecular flexibility index (Phi) is 2.54. The number of rotatable bonds is 2. The van der Waals surface area contributed by atoms with Crippen molar-refractivity contribution >= 4 is 16.9 Å². The van der Waals surface area contributed by atoms with Crippen LogP contribution in [0.2, 0.25) is 0 Å². The second kappa shape index (κ2) is 4.24. The first-order valence-corrected chi connectivity index (χ1v) is 5.91. The van der Waals surface area contributed by atoms with Crippen LogP contribution in [0, 0.1) is 18.3 Å². The van der Waals surface area contributed by atoms with Crippen molar-refractivity contribution < 1.29 is 9.90 Å². The van der Waals surface area contributed by atoms with E-state index in [-0.39, 0.29) is 5.56 Å². The largest absolute Gasteiger partial charge is 0.478 e. The highest BCUT2D eigenvalue weighted by Crippen LogP contribution is 2.21. The molecule has 2 aromatic heterocycles. The van der Waals surface area contributed by atoms with Gasteiger partial charge in [-0.25, -0.2) is 9.48 Å². The van der Waals surface area contributed by atoms with Crippen LogP contribution in [0.3, 0.4) is 0 Å². The van der Waals surface area contributed by atoms with Crippen molar-refractivity contribution in [1.29, 1.82) is 5.26 Å². The van der Waals surface area contributed by atoms with Gasteiger partial charge in [-0.15, -0.1) is 0 Å². The third kappa shape index (κ3) is 1.73. The monoisotopic (exact) mass is 266 g/mol. The molecule has 0 fully saturated rings. The van der Waals surface area contributed by atoms with Gasteiger partial charge >= 0.3 is 5.97 Å². The Morgan fingerprint density at radius 2 is 2.30 bits per heavy atom. The number of nitriles is 1. The number of aromatic carboxylic acids is 1. The highest BCUT2D eigenvalue weighted by Gasteiger charge is 2.13. The third-order valence-electron chi connectivity index (χ3n) is 3.18. The molecule has 0 aliphatic carbocycles. The van der Waals surface area contributed by atoms with Crippen molar-refractivity contribution in [3.8, 4) is 11.8 Å². The third-order valence-corrected chi connectivity index (χ3v) is 3.18. The lowest BCUT2D eigenvalue weighted by atomic mass is 10.1. The Morgan fingerprint density at radius 1 is 1.50 bits per heavy atom. The lowest BCUT2D eigenvalue weighted by Crippen LogP contribution is -1.96. The quantitative estimate of drug-likeness (QED) is 0.743. The number of carboxylic acids is 1. The predicted molar refractivity (Wildman–Crippen MR) is 71.8 cm³/mol. The average molecular weight is 266 g/mol. The molecular weight excluding hydrogens is 256 g/mol. The Labute approximate surface area is 113 Å². The van der Waals surface area contributed by atoms with E-state index in [1.165, 1.54) is 10.9 Å². The molecule has 0 aliphatic heterocycles. The van der Waals surface area contributed by atoms with Crippen molar-refractivity contribution in [2.45, 2.75) is 6.92 Å². The number of nitrogens with one attached hydrogen (secondary N) is 1. The molecule has 0 saturated carbocycles. The first-order valence-electron chi connectivity index (χ1n) is 5.91. The summed E-state index contributed by atoms with van der Waals surface area (Å²) in [6, 6.07) is 7.57. The summed E-state index contributed by atoms with van der Waals surface area (Å²) in [5.41, 5.74) is 2.73. The molecule has 6 nitrogen and oxygen atoms in total. The number of benzene rings is 1. The first kappa shape index (κ1) is 12.0. The van der Waals surface area contributed by atoms with Gasteiger partial charge in [0.05, 0.1) is 16.9 Å². The molecule has 2 N–H and O–H groups in total. The summed E-state index contributed by atoms with van der Waals surface area (Å²) in [6.45, 7) is 1.65. The summed E-state index contributed by atoms with van der Waals surface area (Å²) in [7, 11) is 0. The fraction of sp³-hybridized carbons (Fsp3) is 0.0714. The number of hydrogen-bond donors (Lipinski definition) is 2. The van der Waals surface area contributed by atoms with Gasteiger partial charge in [-0.2, -0.15) is 10.4 Å². The summed E-state index contributed by atoms with van der Waals surface area (Å²) in [5, 5.41) is 23.1. The van der Waals surface area contributed by atoms with E-state index < -0.39 is 5.97 Å². The molecule has 0 bridgehead atoms. The van der Waals surface area contributed by atoms with Crippen LogP contribution in [-0.4, -0.2) is 25.8 Å². The van der Waals surface area contributed by atoms with Crippen LogP contribution in [0.1, 0.15) is 21.6 Å². The summed E-state index contributed by atoms with van der Waals surface area (Å²) >= 11 is 0. The van der Waals surface area contributed by atoms with Crippen LogP contribution in [0.25, 0.3) is 16.6 Å². The van der Waals surface area contributed by atoms with E-state index in [0.717, 1.165) is 10.9 Å². The number of H-pyrrole nitrogens is 1. The second-order valence-corrected chi connectivity index (χ2v) is 4.42. The van der Waals surface area contributed by atoms with Gasteiger partial charge in [0.2, 0.25) is 0 Å². The fourth-order valence-corrected chi connectivity index (χ4v) is 2.15. The molecule has 0 spiro atoms. The smallest absolute Gasteiger partial charge is 0.339 e. The summed E-state index contributed by atoms with van der Waals surface area (Å²) in [4.78, 5) is 14.0. The normalized spacial score (nSPS) is 10.6. The average Bonchev–Trinajstić information content (AvgIpc) is 3.01. The standard InChI is InChI=1S/C14H10N4O2/c1-8-12(14(19)20)7-18(17-8)10-2-3-13-11(4-10)9(5-15)6-16-13/h2-4,6-7,16H,1H3,(H,19,20). The lowest BCUT2D eigenvalue weighted by Gasteiger charge is -2.01. The molecule has 0 radical (unpaired) electrons. The van der Waals surface area contributed by atoms with Crippen LogP contribution in [0.15, 0.2) is 30.6 Å². The molecule has 0 atom stereocenters. The van der Waals surface area contributed by atoms with E-state index in [2.05, 4.69) is 16.2 Å². The minimum absolute atomic E-state index is 0.166. The maximum absolute atomic E-state index is 11.0. The Hall–Kier alpha value is -3.07. The molecule has 2 heterocycles.